The number of H-pyrrole nitrogens is 1. The second-order valence-corrected chi connectivity index (χ2v) is 2.20. The zero-order valence-corrected chi connectivity index (χ0v) is 5.63. The second kappa shape index (κ2) is 1.80. The minimum atomic E-state index is 0.961. The van der Waals surface area contributed by atoms with Crippen molar-refractivity contribution in [1.29, 1.82) is 0 Å². The summed E-state index contributed by atoms with van der Waals surface area (Å²) >= 11 is 0. The molecule has 0 amide bonds. The van der Waals surface area contributed by atoms with Crippen molar-refractivity contribution >= 4 is 0 Å². The Morgan fingerprint density at radius 2 is 2.30 bits per heavy atom. The normalized spacial score (nSPS) is 10.5. The molecule has 2 heterocycles. The van der Waals surface area contributed by atoms with E-state index in [2.05, 4.69) is 15.0 Å². The molecule has 2 aliphatic rings. The molecular formula is C7H7N3. The zero-order chi connectivity index (χ0) is 6.97. The molecule has 3 nitrogen and oxygen atoms in total. The van der Waals surface area contributed by atoms with Gasteiger partial charge in [0.15, 0.2) is 0 Å². The summed E-state index contributed by atoms with van der Waals surface area (Å²) in [5.41, 5.74) is 2.98. The van der Waals surface area contributed by atoms with Crippen LogP contribution in [0.15, 0.2) is 18.6 Å². The van der Waals surface area contributed by atoms with Crippen LogP contribution in [-0.2, 0) is 0 Å². The van der Waals surface area contributed by atoms with Crippen molar-refractivity contribution in [2.75, 3.05) is 0 Å². The molecule has 0 aliphatic carbocycles. The molecule has 0 bridgehead atoms. The molecule has 2 aliphatic heterocycles. The van der Waals surface area contributed by atoms with Crippen LogP contribution in [0.1, 0.15) is 5.69 Å². The number of hydrogen-bond donors (Lipinski definition) is 1. The van der Waals surface area contributed by atoms with Gasteiger partial charge < -0.3 is 4.98 Å². The lowest BCUT2D eigenvalue weighted by molar-refractivity contribution is 1.09. The lowest BCUT2D eigenvalue weighted by atomic mass is 10.3. The molecule has 10 heavy (non-hydrogen) atoms. The van der Waals surface area contributed by atoms with E-state index in [9.17, 15) is 0 Å². The van der Waals surface area contributed by atoms with Gasteiger partial charge in [-0.25, -0.2) is 4.98 Å². The highest BCUT2D eigenvalue weighted by Crippen LogP contribution is 2.17. The average molecular weight is 133 g/mol. The van der Waals surface area contributed by atoms with Gasteiger partial charge in [-0.3, -0.25) is 4.98 Å². The van der Waals surface area contributed by atoms with Crippen LogP contribution >= 0.6 is 0 Å². The third-order valence-corrected chi connectivity index (χ3v) is 1.52. The first-order valence-corrected chi connectivity index (χ1v) is 3.12. The molecule has 50 valence electrons. The molecule has 0 atom stereocenters. The Bertz CT molecular complexity index is 313. The van der Waals surface area contributed by atoms with E-state index in [-0.39, 0.29) is 0 Å². The van der Waals surface area contributed by atoms with Crippen molar-refractivity contribution in [2.24, 2.45) is 0 Å². The zero-order valence-electron chi connectivity index (χ0n) is 5.63. The maximum atomic E-state index is 4.12. The molecule has 2 rings (SSSR count). The Labute approximate surface area is 58.5 Å². The van der Waals surface area contributed by atoms with Crippen LogP contribution in [0.3, 0.4) is 0 Å². The summed E-state index contributed by atoms with van der Waals surface area (Å²) in [6.45, 7) is 1.95. The first kappa shape index (κ1) is 5.41. The fraction of sp³-hybridized carbons (Fsp3) is 0.143. The van der Waals surface area contributed by atoms with Crippen LogP contribution < -0.4 is 0 Å². The van der Waals surface area contributed by atoms with Crippen LogP contribution in [0.25, 0.3) is 11.4 Å². The predicted octanol–water partition coefficient (Wildman–Crippen LogP) is 1.22. The third kappa shape index (κ3) is 0.603. The summed E-state index contributed by atoms with van der Waals surface area (Å²) in [5.74, 6) is 0. The number of rotatable bonds is 0. The minimum absolute atomic E-state index is 0.961. The van der Waals surface area contributed by atoms with Crippen molar-refractivity contribution in [3.63, 3.8) is 0 Å². The largest absolute Gasteiger partial charge is 0.345 e. The van der Waals surface area contributed by atoms with Gasteiger partial charge in [0.1, 0.15) is 5.69 Å². The molecule has 0 saturated heterocycles. The van der Waals surface area contributed by atoms with Crippen molar-refractivity contribution in [2.45, 2.75) is 6.92 Å². The number of fused-ring (bicyclic) bond motifs is 1. The van der Waals surface area contributed by atoms with E-state index in [1.165, 1.54) is 0 Å². The quantitative estimate of drug-likeness (QED) is 0.587. The van der Waals surface area contributed by atoms with Crippen LogP contribution in [0.4, 0.5) is 0 Å². The molecule has 3 heteroatoms. The van der Waals surface area contributed by atoms with Gasteiger partial charge in [-0.1, -0.05) is 0 Å². The Morgan fingerprint density at radius 1 is 1.40 bits per heavy atom. The maximum Gasteiger partial charge on any atom is 0.108 e. The molecule has 0 spiro atoms. The van der Waals surface area contributed by atoms with Gasteiger partial charge in [0.25, 0.3) is 0 Å². The number of nitrogens with one attached hydrogen (secondary N) is 1. The molecule has 0 aromatic rings. The summed E-state index contributed by atoms with van der Waals surface area (Å²) in [7, 11) is 0. The fourth-order valence-corrected chi connectivity index (χ4v) is 0.999. The highest BCUT2D eigenvalue weighted by atomic mass is 14.9. The molecule has 0 fully saturated rings. The van der Waals surface area contributed by atoms with Gasteiger partial charge in [0, 0.05) is 6.20 Å². The van der Waals surface area contributed by atoms with Gasteiger partial charge in [-0.05, 0) is 13.0 Å². The number of aromatic amines is 1. The molecular weight excluding hydrogens is 126 g/mol. The van der Waals surface area contributed by atoms with Gasteiger partial charge in [-0.15, -0.1) is 0 Å². The van der Waals surface area contributed by atoms with Crippen LogP contribution in [0.5, 0.6) is 0 Å². The second-order valence-electron chi connectivity index (χ2n) is 2.20. The molecule has 0 saturated carbocycles. The molecule has 0 unspecified atom stereocenters. The first-order valence-electron chi connectivity index (χ1n) is 3.12. The Hall–Kier alpha value is -1.38. The highest BCUT2D eigenvalue weighted by molar-refractivity contribution is 5.57. The van der Waals surface area contributed by atoms with Crippen molar-refractivity contribution < 1.29 is 0 Å². The standard InChI is InChI=1S/C7H7N3/c1-5-7-6(2-3-8-7)10-4-9-5/h2-4H,1H3,(H,9,10). The average Bonchev–Trinajstić information content (AvgIpc) is 2.36. The summed E-state index contributed by atoms with van der Waals surface area (Å²) in [6.07, 6.45) is 3.45. The minimum Gasteiger partial charge on any atom is -0.345 e. The van der Waals surface area contributed by atoms with E-state index in [1.807, 2.05) is 13.0 Å². The highest BCUT2D eigenvalue weighted by Gasteiger charge is 2.05. The van der Waals surface area contributed by atoms with E-state index in [4.69, 9.17) is 0 Å². The van der Waals surface area contributed by atoms with Crippen molar-refractivity contribution in [3.8, 4) is 11.4 Å². The number of nitrogens with zero attached hydrogens (tertiary/aromatic N) is 2. The number of aryl methyl sites for hydroxylation is 1. The van der Waals surface area contributed by atoms with Crippen molar-refractivity contribution in [1.82, 2.24) is 15.0 Å². The van der Waals surface area contributed by atoms with Crippen molar-refractivity contribution in [3.05, 3.63) is 24.3 Å². The van der Waals surface area contributed by atoms with Crippen LogP contribution in [-0.4, -0.2) is 15.0 Å². The Morgan fingerprint density at radius 3 is 3.10 bits per heavy atom. The Kier molecular flexibility index (Phi) is 0.974. The third-order valence-electron chi connectivity index (χ3n) is 1.52. The first-order chi connectivity index (χ1) is 4.88. The lowest BCUT2D eigenvalue weighted by Crippen LogP contribution is -1.89. The van der Waals surface area contributed by atoms with Gasteiger partial charge in [-0.2, -0.15) is 0 Å². The van der Waals surface area contributed by atoms with E-state index < -0.39 is 0 Å². The van der Waals surface area contributed by atoms with Gasteiger partial charge in [0.2, 0.25) is 0 Å². The van der Waals surface area contributed by atoms with Crippen LogP contribution in [0, 0.1) is 6.92 Å². The van der Waals surface area contributed by atoms with E-state index in [1.54, 1.807) is 12.5 Å². The molecule has 0 aromatic carbocycles. The van der Waals surface area contributed by atoms with E-state index in [0.717, 1.165) is 17.1 Å². The number of hydrogen-bond acceptors (Lipinski definition) is 2. The smallest absolute Gasteiger partial charge is 0.108 e. The molecule has 0 radical (unpaired) electrons. The van der Waals surface area contributed by atoms with Gasteiger partial charge >= 0.3 is 0 Å². The van der Waals surface area contributed by atoms with Gasteiger partial charge in [0.05, 0.1) is 17.7 Å². The molecule has 1 N–H and O–H groups in total. The fourth-order valence-electron chi connectivity index (χ4n) is 0.999. The molecule has 0 aromatic heterocycles. The predicted molar refractivity (Wildman–Crippen MR) is 37.7 cm³/mol. The topological polar surface area (TPSA) is 41.6 Å². The number of aromatic nitrogens is 3. The summed E-state index contributed by atoms with van der Waals surface area (Å²) < 4.78 is 0. The summed E-state index contributed by atoms with van der Waals surface area (Å²) in [6, 6.07) is 1.93. The van der Waals surface area contributed by atoms with E-state index >= 15 is 0 Å². The SMILES string of the molecule is Cc1nc[nH]c2ccnc1-2. The monoisotopic (exact) mass is 133 g/mol. The van der Waals surface area contributed by atoms with Crippen LogP contribution in [0.2, 0.25) is 0 Å². The Balaban J connectivity index is 2.80. The van der Waals surface area contributed by atoms with E-state index in [0.29, 0.717) is 0 Å². The lowest BCUT2D eigenvalue weighted by Gasteiger charge is -1.97. The summed E-state index contributed by atoms with van der Waals surface area (Å²) in [5, 5.41) is 0. The summed E-state index contributed by atoms with van der Waals surface area (Å²) in [4.78, 5) is 11.2. The maximum absolute atomic E-state index is 4.12.